The highest BCUT2D eigenvalue weighted by Crippen LogP contribution is 2.43. The molecule has 0 aliphatic carbocycles. The number of rotatable bonds is 7. The van der Waals surface area contributed by atoms with E-state index in [-0.39, 0.29) is 17.4 Å². The predicted molar refractivity (Wildman–Crippen MR) is 126 cm³/mol. The highest BCUT2D eigenvalue weighted by Gasteiger charge is 2.47. The van der Waals surface area contributed by atoms with Crippen molar-refractivity contribution in [2.75, 3.05) is 27.2 Å². The van der Waals surface area contributed by atoms with E-state index in [4.69, 9.17) is 4.74 Å². The van der Waals surface area contributed by atoms with E-state index in [9.17, 15) is 14.7 Å². The molecule has 6 nitrogen and oxygen atoms in total. The van der Waals surface area contributed by atoms with E-state index in [2.05, 4.69) is 0 Å². The summed E-state index contributed by atoms with van der Waals surface area (Å²) in [5.74, 6) is -0.841. The number of aliphatic hydroxyl groups is 1. The van der Waals surface area contributed by atoms with Gasteiger partial charge >= 0.3 is 0 Å². The lowest BCUT2D eigenvalue weighted by atomic mass is 9.92. The Balaban J connectivity index is 2.24. The third-order valence-corrected chi connectivity index (χ3v) is 5.55. The van der Waals surface area contributed by atoms with Crippen molar-refractivity contribution in [3.63, 3.8) is 0 Å². The van der Waals surface area contributed by atoms with Crippen LogP contribution >= 0.6 is 0 Å². The van der Waals surface area contributed by atoms with Crippen LogP contribution < -0.4 is 4.74 Å². The fourth-order valence-electron chi connectivity index (χ4n) is 3.95. The van der Waals surface area contributed by atoms with Gasteiger partial charge in [-0.25, -0.2) is 0 Å². The molecule has 3 rings (SSSR count). The number of nitrogens with zero attached hydrogens (tertiary/aromatic N) is 2. The minimum absolute atomic E-state index is 0.0841. The molecule has 0 radical (unpaired) electrons. The lowest BCUT2D eigenvalue weighted by Gasteiger charge is -2.28. The van der Waals surface area contributed by atoms with Crippen molar-refractivity contribution in [1.82, 2.24) is 9.80 Å². The van der Waals surface area contributed by atoms with Crippen LogP contribution in [0.25, 0.3) is 5.76 Å². The lowest BCUT2D eigenvalue weighted by Crippen LogP contribution is -2.35. The number of ether oxygens (including phenoxy) is 1. The third kappa shape index (κ3) is 4.70. The van der Waals surface area contributed by atoms with Gasteiger partial charge in [0.1, 0.15) is 11.5 Å². The Bertz CT molecular complexity index is 1060. The number of aryl methyl sites for hydroxylation is 2. The molecule has 1 aliphatic heterocycles. The summed E-state index contributed by atoms with van der Waals surface area (Å²) < 4.78 is 6.01. The van der Waals surface area contributed by atoms with Crippen LogP contribution in [0, 0.1) is 13.8 Å². The first kappa shape index (κ1) is 23.5. The molecular weight excluding hydrogens is 404 g/mol. The standard InChI is InChI=1S/C26H32N2O4/c1-16(2)32-21-10-8-7-9-19(21)23-22(24(29)20-15-17(3)11-12-18(20)4)25(30)26(31)28(23)14-13-27(5)6/h7-12,15-16,23,29H,13-14H2,1-6H3/b24-22+. The molecule has 1 atom stereocenters. The second kappa shape index (κ2) is 9.57. The van der Waals surface area contributed by atoms with Gasteiger partial charge in [-0.05, 0) is 59.5 Å². The molecule has 1 fully saturated rings. The Morgan fingerprint density at radius 3 is 2.47 bits per heavy atom. The van der Waals surface area contributed by atoms with Crippen LogP contribution in [0.2, 0.25) is 0 Å². The van der Waals surface area contributed by atoms with E-state index < -0.39 is 17.7 Å². The molecule has 1 heterocycles. The Morgan fingerprint density at radius 1 is 1.12 bits per heavy atom. The quantitative estimate of drug-likeness (QED) is 0.402. The maximum atomic E-state index is 13.2. The van der Waals surface area contributed by atoms with Gasteiger partial charge in [-0.15, -0.1) is 0 Å². The van der Waals surface area contributed by atoms with Gasteiger partial charge < -0.3 is 19.6 Å². The molecule has 1 N–H and O–H groups in total. The van der Waals surface area contributed by atoms with Gasteiger partial charge in [0, 0.05) is 24.2 Å². The van der Waals surface area contributed by atoms with E-state index in [1.54, 1.807) is 4.90 Å². The van der Waals surface area contributed by atoms with Crippen molar-refractivity contribution < 1.29 is 19.4 Å². The largest absolute Gasteiger partial charge is 0.507 e. The summed E-state index contributed by atoms with van der Waals surface area (Å²) in [5.41, 5.74) is 3.13. The average molecular weight is 437 g/mol. The first-order chi connectivity index (χ1) is 15.1. The molecule has 32 heavy (non-hydrogen) atoms. The van der Waals surface area contributed by atoms with Crippen molar-refractivity contribution in [3.8, 4) is 5.75 Å². The second-order valence-electron chi connectivity index (χ2n) is 8.82. The molecular formula is C26H32N2O4. The average Bonchev–Trinajstić information content (AvgIpc) is 2.98. The van der Waals surface area contributed by atoms with Crippen LogP contribution in [-0.4, -0.2) is 59.9 Å². The number of hydrogen-bond donors (Lipinski definition) is 1. The van der Waals surface area contributed by atoms with Crippen LogP contribution in [0.4, 0.5) is 0 Å². The maximum absolute atomic E-state index is 13.2. The van der Waals surface area contributed by atoms with Crippen LogP contribution in [0.15, 0.2) is 48.0 Å². The van der Waals surface area contributed by atoms with Crippen molar-refractivity contribution in [2.24, 2.45) is 0 Å². The number of carbonyl (C=O) groups excluding carboxylic acids is 2. The van der Waals surface area contributed by atoms with E-state index in [1.165, 1.54) is 0 Å². The Kier molecular flexibility index (Phi) is 7.04. The van der Waals surface area contributed by atoms with Crippen molar-refractivity contribution >= 4 is 17.4 Å². The van der Waals surface area contributed by atoms with Gasteiger partial charge in [-0.1, -0.05) is 35.9 Å². The van der Waals surface area contributed by atoms with Crippen molar-refractivity contribution in [1.29, 1.82) is 0 Å². The van der Waals surface area contributed by atoms with E-state index in [0.29, 0.717) is 30.0 Å². The summed E-state index contributed by atoms with van der Waals surface area (Å²) in [6, 6.07) is 12.4. The molecule has 2 aromatic carbocycles. The second-order valence-corrected chi connectivity index (χ2v) is 8.82. The van der Waals surface area contributed by atoms with Gasteiger partial charge in [0.15, 0.2) is 0 Å². The molecule has 170 valence electrons. The number of benzene rings is 2. The molecule has 1 unspecified atom stereocenters. The lowest BCUT2D eigenvalue weighted by molar-refractivity contribution is -0.140. The Morgan fingerprint density at radius 2 is 1.81 bits per heavy atom. The van der Waals surface area contributed by atoms with Crippen molar-refractivity contribution in [2.45, 2.75) is 39.8 Å². The number of para-hydroxylation sites is 1. The molecule has 0 aromatic heterocycles. The van der Waals surface area contributed by atoms with Gasteiger partial charge in [0.25, 0.3) is 11.7 Å². The number of likely N-dealkylation sites (N-methyl/N-ethyl adjacent to an activating group) is 1. The van der Waals surface area contributed by atoms with Crippen LogP contribution in [0.1, 0.15) is 42.1 Å². The first-order valence-electron chi connectivity index (χ1n) is 10.9. The van der Waals surface area contributed by atoms with Crippen LogP contribution in [-0.2, 0) is 9.59 Å². The monoisotopic (exact) mass is 436 g/mol. The predicted octanol–water partition coefficient (Wildman–Crippen LogP) is 4.07. The van der Waals surface area contributed by atoms with Crippen molar-refractivity contribution in [3.05, 3.63) is 70.3 Å². The fraction of sp³-hybridized carbons (Fsp3) is 0.385. The summed E-state index contributed by atoms with van der Waals surface area (Å²) >= 11 is 0. The smallest absolute Gasteiger partial charge is 0.295 e. The fourth-order valence-corrected chi connectivity index (χ4v) is 3.95. The van der Waals surface area contributed by atoms with E-state index >= 15 is 0 Å². The molecule has 2 aromatic rings. The zero-order valence-corrected chi connectivity index (χ0v) is 19.7. The molecule has 0 bridgehead atoms. The van der Waals surface area contributed by atoms with E-state index in [1.807, 2.05) is 89.2 Å². The van der Waals surface area contributed by atoms with Gasteiger partial charge in [0.2, 0.25) is 0 Å². The highest BCUT2D eigenvalue weighted by atomic mass is 16.5. The Hall–Kier alpha value is -3.12. The number of aliphatic hydroxyl groups excluding tert-OH is 1. The molecule has 0 spiro atoms. The summed E-state index contributed by atoms with van der Waals surface area (Å²) in [5, 5.41) is 11.3. The normalized spacial score (nSPS) is 18.1. The van der Waals surface area contributed by atoms with E-state index in [0.717, 1.165) is 11.1 Å². The number of carbonyl (C=O) groups is 2. The van der Waals surface area contributed by atoms with Gasteiger partial charge in [-0.2, -0.15) is 0 Å². The molecule has 1 saturated heterocycles. The van der Waals surface area contributed by atoms with Gasteiger partial charge in [0.05, 0.1) is 17.7 Å². The molecule has 1 aliphatic rings. The van der Waals surface area contributed by atoms with Crippen LogP contribution in [0.5, 0.6) is 5.75 Å². The summed E-state index contributed by atoms with van der Waals surface area (Å²) in [6.07, 6.45) is -0.0841. The first-order valence-corrected chi connectivity index (χ1v) is 10.9. The zero-order chi connectivity index (χ0) is 23.6. The minimum atomic E-state index is -0.732. The number of likely N-dealkylation sites (tertiary alicyclic amines) is 1. The van der Waals surface area contributed by atoms with Crippen LogP contribution in [0.3, 0.4) is 0 Å². The summed E-state index contributed by atoms with van der Waals surface area (Å²) in [4.78, 5) is 29.8. The number of ketones is 1. The zero-order valence-electron chi connectivity index (χ0n) is 19.7. The number of hydrogen-bond acceptors (Lipinski definition) is 5. The molecule has 6 heteroatoms. The summed E-state index contributed by atoms with van der Waals surface area (Å²) in [7, 11) is 3.83. The molecule has 0 saturated carbocycles. The number of Topliss-reactive ketones (excluding diaryl/α,β-unsaturated/α-hetero) is 1. The topological polar surface area (TPSA) is 70.1 Å². The maximum Gasteiger partial charge on any atom is 0.295 e. The summed E-state index contributed by atoms with van der Waals surface area (Å²) in [6.45, 7) is 8.59. The minimum Gasteiger partial charge on any atom is -0.507 e. The SMILES string of the molecule is Cc1ccc(C)c(/C(O)=C2\C(=O)C(=O)N(CCN(C)C)C2c2ccccc2OC(C)C)c1. The van der Waals surface area contributed by atoms with Gasteiger partial charge in [-0.3, -0.25) is 9.59 Å². The Labute approximate surface area is 190 Å². The number of amides is 1. The highest BCUT2D eigenvalue weighted by molar-refractivity contribution is 6.46. The third-order valence-electron chi connectivity index (χ3n) is 5.55. The molecule has 1 amide bonds.